The number of hydrogen-bond acceptors (Lipinski definition) is 4. The molecule has 1 aliphatic heterocycles. The highest BCUT2D eigenvalue weighted by atomic mass is 35.5. The SMILES string of the molecule is CC1(C)c2ccccc2-c2ccc(-c3ccccc3/C=C(\c3cccc4c3Sc3c(N(c5ccccc5)c5cc(-c6ccccc6)c6oc7ccccc7c6c5)cccc3C43c4ccccc4-c4cc(Cl)ccc43)c3ccc(-c4ccccc4)c4oc5ccccc5c34)cc21. The zero-order valence-electron chi connectivity index (χ0n) is 52.1. The second kappa shape index (κ2) is 21.5. The molecule has 0 saturated heterocycles. The molecule has 95 heavy (non-hydrogen) atoms. The predicted octanol–water partition coefficient (Wildman–Crippen LogP) is 25.3. The third kappa shape index (κ3) is 8.34. The number of fused-ring (bicyclic) bond motifs is 18. The van der Waals surface area contributed by atoms with Crippen molar-refractivity contribution in [2.75, 3.05) is 4.90 Å². The molecule has 1 spiro atoms. The van der Waals surface area contributed by atoms with Gasteiger partial charge in [-0.25, -0.2) is 0 Å². The number of furan rings is 2. The average molecular weight is 1250 g/mol. The van der Waals surface area contributed by atoms with Crippen LogP contribution in [0.2, 0.25) is 5.02 Å². The maximum absolute atomic E-state index is 7.18. The highest BCUT2D eigenvalue weighted by molar-refractivity contribution is 7.99. The zero-order valence-corrected chi connectivity index (χ0v) is 53.6. The van der Waals surface area contributed by atoms with Gasteiger partial charge in [-0.1, -0.05) is 280 Å². The Morgan fingerprint density at radius 3 is 1.73 bits per heavy atom. The first-order valence-corrected chi connectivity index (χ1v) is 33.8. The summed E-state index contributed by atoms with van der Waals surface area (Å²) < 4.78 is 14.0. The minimum atomic E-state index is -0.812. The molecule has 0 bridgehead atoms. The van der Waals surface area contributed by atoms with E-state index in [0.717, 1.165) is 126 Å². The Morgan fingerprint density at radius 2 is 0.947 bits per heavy atom. The molecule has 3 heterocycles. The Kier molecular flexibility index (Phi) is 12.5. The van der Waals surface area contributed by atoms with E-state index < -0.39 is 5.41 Å². The summed E-state index contributed by atoms with van der Waals surface area (Å²) in [7, 11) is 0. The number of rotatable bonds is 9. The van der Waals surface area contributed by atoms with Crippen LogP contribution in [0.1, 0.15) is 63.9 Å². The molecule has 19 rings (SSSR count). The van der Waals surface area contributed by atoms with Crippen molar-refractivity contribution in [1.29, 1.82) is 0 Å². The maximum atomic E-state index is 7.18. The van der Waals surface area contributed by atoms with Gasteiger partial charge in [-0.2, -0.15) is 0 Å². The first-order valence-electron chi connectivity index (χ1n) is 32.6. The molecule has 2 aromatic heterocycles. The van der Waals surface area contributed by atoms with E-state index in [0.29, 0.717) is 5.02 Å². The minimum Gasteiger partial charge on any atom is -0.455 e. The van der Waals surface area contributed by atoms with E-state index in [-0.39, 0.29) is 5.41 Å². The van der Waals surface area contributed by atoms with Crippen molar-refractivity contribution in [2.45, 2.75) is 34.5 Å². The van der Waals surface area contributed by atoms with Crippen LogP contribution in [0.5, 0.6) is 0 Å². The van der Waals surface area contributed by atoms with Crippen LogP contribution in [-0.2, 0) is 10.8 Å². The number of para-hydroxylation sites is 3. The summed E-state index contributed by atoms with van der Waals surface area (Å²) in [6, 6.07) is 113. The Bertz CT molecular complexity index is 5880. The molecule has 0 N–H and O–H groups in total. The fourth-order valence-corrected chi connectivity index (χ4v) is 17.8. The maximum Gasteiger partial charge on any atom is 0.143 e. The van der Waals surface area contributed by atoms with Gasteiger partial charge in [-0.15, -0.1) is 0 Å². The van der Waals surface area contributed by atoms with Crippen molar-refractivity contribution in [3.63, 3.8) is 0 Å². The van der Waals surface area contributed by atoms with E-state index in [4.69, 9.17) is 20.4 Å². The molecule has 0 fully saturated rings. The minimum absolute atomic E-state index is 0.179. The van der Waals surface area contributed by atoms with Crippen LogP contribution < -0.4 is 4.90 Å². The molecular weight excluding hydrogens is 1190 g/mol. The van der Waals surface area contributed by atoms with E-state index in [1.807, 2.05) is 11.8 Å². The van der Waals surface area contributed by atoms with Gasteiger partial charge in [0.25, 0.3) is 0 Å². The summed E-state index contributed by atoms with van der Waals surface area (Å²) in [5, 5.41) is 4.94. The second-order valence-corrected chi connectivity index (χ2v) is 27.3. The summed E-state index contributed by atoms with van der Waals surface area (Å²) >= 11 is 9.05. The Balaban J connectivity index is 0.915. The molecule has 1 unspecified atom stereocenters. The zero-order chi connectivity index (χ0) is 63.1. The monoisotopic (exact) mass is 1250 g/mol. The highest BCUT2D eigenvalue weighted by Crippen LogP contribution is 2.66. The number of nitrogens with zero attached hydrogens (tertiary/aromatic N) is 1. The molecule has 3 nitrogen and oxygen atoms in total. The van der Waals surface area contributed by atoms with Gasteiger partial charge in [0.1, 0.15) is 22.3 Å². The standard InChI is InChI=1S/C90H58ClNO2S/c1-89(2)75-37-18-14-32-64(75)66-46-44-58(51-80(66)89)62-31-13-12-28-57(62)50-72(68-48-47-63(55-24-6-3-7-25-55)86-84(68)70-35-17-21-43-83(70)94-86)69-36-22-39-78-87(69)95-88-79(90(78)76-38-19-15-33-65(76)73-52-59(91)45-49-77(73)90)40-23-41-81(88)92(60-29-10-5-11-30-60)61-53-71(56-26-8-4-9-27-56)85-74(54-61)67-34-16-20-42-82(67)93-85/h3-54H,1-2H3/b72-50-. The van der Waals surface area contributed by atoms with Crippen molar-refractivity contribution >= 4 is 96.0 Å². The van der Waals surface area contributed by atoms with E-state index in [2.05, 4.69) is 334 Å². The quantitative estimate of drug-likeness (QED) is 0.135. The molecule has 3 aliphatic rings. The van der Waals surface area contributed by atoms with Crippen molar-refractivity contribution < 1.29 is 8.83 Å². The average Bonchev–Trinajstić information content (AvgIpc) is 1.61. The lowest BCUT2D eigenvalue weighted by Crippen LogP contribution is -2.33. The van der Waals surface area contributed by atoms with Gasteiger partial charge < -0.3 is 13.7 Å². The Labute approximate surface area is 560 Å². The van der Waals surface area contributed by atoms with E-state index in [9.17, 15) is 0 Å². The van der Waals surface area contributed by atoms with Crippen LogP contribution >= 0.6 is 23.4 Å². The third-order valence-corrected chi connectivity index (χ3v) is 21.9. The summed E-state index contributed by atoms with van der Waals surface area (Å²) in [4.78, 5) is 4.79. The van der Waals surface area contributed by atoms with Gasteiger partial charge in [0.2, 0.25) is 0 Å². The number of halogens is 1. The first-order chi connectivity index (χ1) is 46.8. The molecule has 0 radical (unpaired) electrons. The molecule has 0 saturated carbocycles. The largest absolute Gasteiger partial charge is 0.455 e. The summed E-state index contributed by atoms with van der Waals surface area (Å²) in [6.45, 7) is 4.74. The van der Waals surface area contributed by atoms with Crippen LogP contribution in [0, 0.1) is 0 Å². The lowest BCUT2D eigenvalue weighted by Gasteiger charge is -2.42. The molecule has 0 amide bonds. The van der Waals surface area contributed by atoms with Crippen LogP contribution in [0.4, 0.5) is 17.1 Å². The Morgan fingerprint density at radius 1 is 0.368 bits per heavy atom. The fraction of sp³-hybridized carbons (Fsp3) is 0.0444. The third-order valence-electron chi connectivity index (χ3n) is 20.4. The van der Waals surface area contributed by atoms with Crippen molar-refractivity contribution in [3.8, 4) is 55.6 Å². The van der Waals surface area contributed by atoms with E-state index in [1.165, 1.54) is 55.6 Å². The predicted molar refractivity (Wildman–Crippen MR) is 396 cm³/mol. The first kappa shape index (κ1) is 55.5. The van der Waals surface area contributed by atoms with Crippen molar-refractivity contribution in [2.24, 2.45) is 0 Å². The number of benzene rings is 14. The molecule has 2 aliphatic carbocycles. The molecule has 448 valence electrons. The molecule has 5 heteroatoms. The van der Waals surface area contributed by atoms with Crippen LogP contribution in [0.25, 0.3) is 111 Å². The van der Waals surface area contributed by atoms with Gasteiger partial charge in [0.15, 0.2) is 0 Å². The van der Waals surface area contributed by atoms with Gasteiger partial charge in [-0.05, 0) is 173 Å². The molecule has 1 atom stereocenters. The van der Waals surface area contributed by atoms with Gasteiger partial charge in [0.05, 0.1) is 11.1 Å². The second-order valence-electron chi connectivity index (χ2n) is 25.8. The summed E-state index contributed by atoms with van der Waals surface area (Å²) in [5.41, 5.74) is 28.9. The van der Waals surface area contributed by atoms with Gasteiger partial charge >= 0.3 is 0 Å². The normalized spacial score (nSPS) is 14.8. The van der Waals surface area contributed by atoms with E-state index >= 15 is 0 Å². The summed E-state index contributed by atoms with van der Waals surface area (Å²) in [6.07, 6.45) is 2.48. The lowest BCUT2D eigenvalue weighted by molar-refractivity contribution is 0.660. The molecular formula is C90H58ClNO2S. The van der Waals surface area contributed by atoms with E-state index in [1.54, 1.807) is 0 Å². The Hall–Kier alpha value is -11.1. The highest BCUT2D eigenvalue weighted by Gasteiger charge is 2.52. The fourth-order valence-electron chi connectivity index (χ4n) is 16.2. The lowest BCUT2D eigenvalue weighted by atomic mass is 9.66. The van der Waals surface area contributed by atoms with Crippen molar-refractivity contribution in [3.05, 3.63) is 364 Å². The topological polar surface area (TPSA) is 29.5 Å². The van der Waals surface area contributed by atoms with Crippen molar-refractivity contribution in [1.82, 2.24) is 0 Å². The van der Waals surface area contributed by atoms with Crippen LogP contribution in [-0.4, -0.2) is 0 Å². The van der Waals surface area contributed by atoms with Gasteiger partial charge in [0, 0.05) is 64.3 Å². The smallest absolute Gasteiger partial charge is 0.143 e. The van der Waals surface area contributed by atoms with Gasteiger partial charge in [-0.3, -0.25) is 0 Å². The molecule has 14 aromatic carbocycles. The van der Waals surface area contributed by atoms with Crippen LogP contribution in [0.15, 0.2) is 328 Å². The molecule has 16 aromatic rings. The number of anilines is 3. The summed E-state index contributed by atoms with van der Waals surface area (Å²) in [5.74, 6) is 0. The number of hydrogen-bond donors (Lipinski definition) is 0. The van der Waals surface area contributed by atoms with Crippen LogP contribution in [0.3, 0.4) is 0 Å².